The maximum atomic E-state index is 3.67. The molecule has 0 aromatic rings. The standard InChI is InChI=1S/C16H31N/c1-6-7-12(2)10-15(5)16-11-14(4)13(3)8-9-17-16/h12-14,17H,6-11H2,1-5H3/b16-15+. The summed E-state index contributed by atoms with van der Waals surface area (Å²) in [6.45, 7) is 13.0. The van der Waals surface area contributed by atoms with E-state index in [-0.39, 0.29) is 0 Å². The minimum absolute atomic E-state index is 0.830. The van der Waals surface area contributed by atoms with Gasteiger partial charge in [0.15, 0.2) is 0 Å². The molecule has 0 spiro atoms. The lowest BCUT2D eigenvalue weighted by atomic mass is 9.89. The normalized spacial score (nSPS) is 30.4. The van der Waals surface area contributed by atoms with Crippen LogP contribution in [0, 0.1) is 17.8 Å². The molecule has 0 radical (unpaired) electrons. The lowest BCUT2D eigenvalue weighted by molar-refractivity contribution is 0.384. The third kappa shape index (κ3) is 4.73. The van der Waals surface area contributed by atoms with E-state index in [2.05, 4.69) is 39.9 Å². The van der Waals surface area contributed by atoms with Gasteiger partial charge >= 0.3 is 0 Å². The highest BCUT2D eigenvalue weighted by atomic mass is 14.9. The molecule has 0 bridgehead atoms. The number of allylic oxidation sites excluding steroid dienone is 2. The van der Waals surface area contributed by atoms with E-state index in [0.717, 1.165) is 17.8 Å². The van der Waals surface area contributed by atoms with Crippen molar-refractivity contribution in [2.75, 3.05) is 6.54 Å². The zero-order valence-corrected chi connectivity index (χ0v) is 12.5. The Morgan fingerprint density at radius 2 is 2.06 bits per heavy atom. The van der Waals surface area contributed by atoms with Crippen molar-refractivity contribution in [1.82, 2.24) is 5.32 Å². The van der Waals surface area contributed by atoms with E-state index in [1.165, 1.54) is 38.6 Å². The smallest absolute Gasteiger partial charge is 0.0146 e. The summed E-state index contributed by atoms with van der Waals surface area (Å²) in [7, 11) is 0. The first-order chi connectivity index (χ1) is 8.04. The van der Waals surface area contributed by atoms with Crippen molar-refractivity contribution in [1.29, 1.82) is 0 Å². The Kier molecular flexibility index (Phi) is 6.08. The molecule has 0 saturated carbocycles. The second kappa shape index (κ2) is 7.08. The second-order valence-electron chi connectivity index (χ2n) is 6.23. The molecule has 17 heavy (non-hydrogen) atoms. The molecule has 1 heteroatoms. The summed E-state index contributed by atoms with van der Waals surface area (Å²) in [6.07, 6.45) is 6.52. The highest BCUT2D eigenvalue weighted by Gasteiger charge is 2.19. The summed E-state index contributed by atoms with van der Waals surface area (Å²) in [6, 6.07) is 0. The molecule has 0 aliphatic carbocycles. The Bertz CT molecular complexity index is 254. The molecule has 0 amide bonds. The maximum absolute atomic E-state index is 3.67. The van der Waals surface area contributed by atoms with Gasteiger partial charge in [-0.1, -0.05) is 46.1 Å². The largest absolute Gasteiger partial charge is 0.388 e. The van der Waals surface area contributed by atoms with Gasteiger partial charge in [-0.2, -0.15) is 0 Å². The lowest BCUT2D eigenvalue weighted by Crippen LogP contribution is -2.15. The fourth-order valence-corrected chi connectivity index (χ4v) is 2.90. The van der Waals surface area contributed by atoms with Gasteiger partial charge in [0.1, 0.15) is 0 Å². The molecule has 0 aromatic carbocycles. The van der Waals surface area contributed by atoms with E-state index in [0.29, 0.717) is 0 Å². The zero-order valence-electron chi connectivity index (χ0n) is 12.5. The molecule has 1 saturated heterocycles. The van der Waals surface area contributed by atoms with Crippen molar-refractivity contribution in [3.8, 4) is 0 Å². The van der Waals surface area contributed by atoms with Crippen LogP contribution in [0.2, 0.25) is 0 Å². The van der Waals surface area contributed by atoms with Crippen LogP contribution < -0.4 is 5.32 Å². The Balaban J connectivity index is 2.61. The zero-order chi connectivity index (χ0) is 12.8. The number of hydrogen-bond donors (Lipinski definition) is 1. The molecule has 3 unspecified atom stereocenters. The highest BCUT2D eigenvalue weighted by Crippen LogP contribution is 2.28. The number of nitrogens with one attached hydrogen (secondary N) is 1. The van der Waals surface area contributed by atoms with E-state index in [9.17, 15) is 0 Å². The van der Waals surface area contributed by atoms with Crippen LogP contribution >= 0.6 is 0 Å². The average Bonchev–Trinajstić information content (AvgIpc) is 2.42. The maximum Gasteiger partial charge on any atom is 0.0146 e. The molecular weight excluding hydrogens is 206 g/mol. The highest BCUT2D eigenvalue weighted by molar-refractivity contribution is 5.12. The Morgan fingerprint density at radius 3 is 2.71 bits per heavy atom. The summed E-state index contributed by atoms with van der Waals surface area (Å²) in [4.78, 5) is 0. The first-order valence-electron chi connectivity index (χ1n) is 7.47. The molecule has 1 nitrogen and oxygen atoms in total. The molecule has 1 aliphatic heterocycles. The monoisotopic (exact) mass is 237 g/mol. The molecule has 1 heterocycles. The van der Waals surface area contributed by atoms with Crippen molar-refractivity contribution in [2.45, 2.75) is 66.7 Å². The lowest BCUT2D eigenvalue weighted by Gasteiger charge is -2.18. The minimum Gasteiger partial charge on any atom is -0.388 e. The van der Waals surface area contributed by atoms with Gasteiger partial charge in [-0.25, -0.2) is 0 Å². The van der Waals surface area contributed by atoms with Crippen LogP contribution in [0.4, 0.5) is 0 Å². The van der Waals surface area contributed by atoms with Crippen LogP contribution in [-0.2, 0) is 0 Å². The third-order valence-electron chi connectivity index (χ3n) is 4.39. The van der Waals surface area contributed by atoms with Crippen molar-refractivity contribution < 1.29 is 0 Å². The van der Waals surface area contributed by atoms with Crippen LogP contribution in [0.5, 0.6) is 0 Å². The van der Waals surface area contributed by atoms with Gasteiger partial charge in [0.25, 0.3) is 0 Å². The summed E-state index contributed by atoms with van der Waals surface area (Å²) >= 11 is 0. The van der Waals surface area contributed by atoms with Gasteiger partial charge < -0.3 is 5.32 Å². The van der Waals surface area contributed by atoms with Crippen LogP contribution in [-0.4, -0.2) is 6.54 Å². The third-order valence-corrected chi connectivity index (χ3v) is 4.39. The average molecular weight is 237 g/mol. The Labute approximate surface area is 108 Å². The minimum atomic E-state index is 0.830. The number of hydrogen-bond acceptors (Lipinski definition) is 1. The van der Waals surface area contributed by atoms with Crippen LogP contribution in [0.25, 0.3) is 0 Å². The predicted octanol–water partition coefficient (Wildman–Crippen LogP) is 4.74. The topological polar surface area (TPSA) is 12.0 Å². The van der Waals surface area contributed by atoms with Gasteiger partial charge in [-0.05, 0) is 43.9 Å². The fraction of sp³-hybridized carbons (Fsp3) is 0.875. The van der Waals surface area contributed by atoms with Crippen molar-refractivity contribution in [2.24, 2.45) is 17.8 Å². The van der Waals surface area contributed by atoms with Crippen LogP contribution in [0.3, 0.4) is 0 Å². The fourth-order valence-electron chi connectivity index (χ4n) is 2.90. The van der Waals surface area contributed by atoms with Crippen molar-refractivity contribution in [3.05, 3.63) is 11.3 Å². The van der Waals surface area contributed by atoms with Gasteiger partial charge in [-0.15, -0.1) is 0 Å². The van der Waals surface area contributed by atoms with E-state index in [4.69, 9.17) is 0 Å². The molecule has 1 N–H and O–H groups in total. The molecule has 1 aliphatic rings. The van der Waals surface area contributed by atoms with Gasteiger partial charge in [-0.3, -0.25) is 0 Å². The second-order valence-corrected chi connectivity index (χ2v) is 6.23. The summed E-state index contributed by atoms with van der Waals surface area (Å²) in [5, 5.41) is 3.67. The molecule has 1 rings (SSSR count). The van der Waals surface area contributed by atoms with Gasteiger partial charge in [0.05, 0.1) is 0 Å². The summed E-state index contributed by atoms with van der Waals surface area (Å²) in [5.41, 5.74) is 3.15. The molecule has 1 fully saturated rings. The first-order valence-corrected chi connectivity index (χ1v) is 7.47. The molecular formula is C16H31N. The van der Waals surface area contributed by atoms with E-state index >= 15 is 0 Å². The first kappa shape index (κ1) is 14.6. The van der Waals surface area contributed by atoms with Crippen molar-refractivity contribution in [3.63, 3.8) is 0 Å². The quantitative estimate of drug-likeness (QED) is 0.744. The molecule has 100 valence electrons. The van der Waals surface area contributed by atoms with Crippen molar-refractivity contribution >= 4 is 0 Å². The van der Waals surface area contributed by atoms with E-state index in [1.54, 1.807) is 11.3 Å². The summed E-state index contributed by atoms with van der Waals surface area (Å²) < 4.78 is 0. The van der Waals surface area contributed by atoms with Gasteiger partial charge in [0, 0.05) is 12.2 Å². The molecule has 0 aromatic heterocycles. The number of rotatable bonds is 4. The van der Waals surface area contributed by atoms with E-state index < -0.39 is 0 Å². The SMILES string of the molecule is CCCC(C)C/C(C)=C1\CC(C)C(C)CCN1. The van der Waals surface area contributed by atoms with E-state index in [1.807, 2.05) is 0 Å². The van der Waals surface area contributed by atoms with Crippen LogP contribution in [0.1, 0.15) is 66.7 Å². The molecule has 3 atom stereocenters. The van der Waals surface area contributed by atoms with Gasteiger partial charge in [0.2, 0.25) is 0 Å². The summed E-state index contributed by atoms with van der Waals surface area (Å²) in [5.74, 6) is 2.53. The van der Waals surface area contributed by atoms with Crippen LogP contribution in [0.15, 0.2) is 11.3 Å². The Morgan fingerprint density at radius 1 is 1.35 bits per heavy atom. The predicted molar refractivity (Wildman–Crippen MR) is 77.0 cm³/mol. The Hall–Kier alpha value is -0.460.